The molecule has 0 amide bonds. The zero-order valence-corrected chi connectivity index (χ0v) is 12.0. The van der Waals surface area contributed by atoms with Gasteiger partial charge in [-0.05, 0) is 49.8 Å². The van der Waals surface area contributed by atoms with Gasteiger partial charge >= 0.3 is 0 Å². The highest BCUT2D eigenvalue weighted by molar-refractivity contribution is 5.95. The van der Waals surface area contributed by atoms with Crippen LogP contribution in [0.1, 0.15) is 42.4 Å². The summed E-state index contributed by atoms with van der Waals surface area (Å²) in [7, 11) is 0. The van der Waals surface area contributed by atoms with E-state index in [0.29, 0.717) is 12.1 Å². The van der Waals surface area contributed by atoms with Crippen LogP contribution >= 0.6 is 0 Å². The highest BCUT2D eigenvalue weighted by atomic mass is 16.3. The maximum atomic E-state index is 9.86. The smallest absolute Gasteiger partial charge is 0.122 e. The summed E-state index contributed by atoms with van der Waals surface area (Å²) < 4.78 is 0. The second kappa shape index (κ2) is 5.19. The van der Waals surface area contributed by atoms with Crippen molar-refractivity contribution in [2.24, 2.45) is 5.73 Å². The van der Waals surface area contributed by atoms with Crippen molar-refractivity contribution >= 4 is 5.84 Å². The monoisotopic (exact) mass is 273 g/mol. The first kappa shape index (κ1) is 13.6. The van der Waals surface area contributed by atoms with Gasteiger partial charge in [0.15, 0.2) is 0 Å². The Morgan fingerprint density at radius 1 is 1.35 bits per heavy atom. The van der Waals surface area contributed by atoms with E-state index in [4.69, 9.17) is 11.1 Å². The third-order valence-electron chi connectivity index (χ3n) is 4.87. The zero-order valence-electron chi connectivity index (χ0n) is 12.0. The molecule has 2 aliphatic rings. The normalized spacial score (nSPS) is 29.6. The third-order valence-corrected chi connectivity index (χ3v) is 4.87. The van der Waals surface area contributed by atoms with Gasteiger partial charge in [0.2, 0.25) is 0 Å². The van der Waals surface area contributed by atoms with Gasteiger partial charge < -0.3 is 10.8 Å². The van der Waals surface area contributed by atoms with Crippen LogP contribution in [0.4, 0.5) is 0 Å². The Balaban J connectivity index is 1.77. The number of aryl methyl sites for hydroxylation is 1. The quantitative estimate of drug-likeness (QED) is 0.580. The summed E-state index contributed by atoms with van der Waals surface area (Å²) in [6.07, 6.45) is 4.16. The number of nitrogen functional groups attached to an aromatic ring is 1. The van der Waals surface area contributed by atoms with Gasteiger partial charge in [0, 0.05) is 24.2 Å². The summed E-state index contributed by atoms with van der Waals surface area (Å²) in [5, 5.41) is 17.4. The molecule has 1 aromatic carbocycles. The maximum Gasteiger partial charge on any atom is 0.122 e. The van der Waals surface area contributed by atoms with Gasteiger partial charge in [-0.1, -0.05) is 12.1 Å². The number of nitrogens with zero attached hydrogens (tertiary/aromatic N) is 1. The van der Waals surface area contributed by atoms with Crippen LogP contribution in [0.3, 0.4) is 0 Å². The number of aliphatic hydroxyl groups is 1. The molecule has 0 aromatic heterocycles. The number of nitrogens with two attached hydrogens (primary N) is 1. The molecule has 4 heteroatoms. The fraction of sp³-hybridized carbons (Fsp3) is 0.562. The lowest BCUT2D eigenvalue weighted by atomic mass is 9.97. The van der Waals surface area contributed by atoms with E-state index >= 15 is 0 Å². The lowest BCUT2D eigenvalue weighted by Gasteiger charge is -2.37. The number of hydrogen-bond donors (Lipinski definition) is 3. The minimum absolute atomic E-state index is 0.107. The summed E-state index contributed by atoms with van der Waals surface area (Å²) in [5.41, 5.74) is 8.83. The Labute approximate surface area is 120 Å². The highest BCUT2D eigenvalue weighted by Gasteiger charge is 2.39. The van der Waals surface area contributed by atoms with E-state index in [2.05, 4.69) is 17.9 Å². The number of piperidine rings is 1. The molecule has 2 atom stereocenters. The van der Waals surface area contributed by atoms with Crippen LogP contribution in [0.25, 0.3) is 0 Å². The van der Waals surface area contributed by atoms with Crippen molar-refractivity contribution in [1.82, 2.24) is 4.90 Å². The van der Waals surface area contributed by atoms with Crippen molar-refractivity contribution < 1.29 is 5.11 Å². The number of nitrogens with one attached hydrogen (secondary N) is 1. The van der Waals surface area contributed by atoms with Gasteiger partial charge in [0.05, 0.1) is 6.10 Å². The van der Waals surface area contributed by atoms with Crippen LogP contribution in [0.5, 0.6) is 0 Å². The van der Waals surface area contributed by atoms with Gasteiger partial charge in [0.1, 0.15) is 5.84 Å². The Hall–Kier alpha value is -1.39. The average Bonchev–Trinajstić information content (AvgIpc) is 2.63. The van der Waals surface area contributed by atoms with E-state index in [9.17, 15) is 5.11 Å². The molecule has 1 aromatic rings. The van der Waals surface area contributed by atoms with Crippen LogP contribution in [-0.4, -0.2) is 34.0 Å². The predicted octanol–water partition coefficient (Wildman–Crippen LogP) is 1.77. The molecule has 4 N–H and O–H groups in total. The predicted molar refractivity (Wildman–Crippen MR) is 79.8 cm³/mol. The molecule has 2 saturated heterocycles. The zero-order chi connectivity index (χ0) is 14.3. The summed E-state index contributed by atoms with van der Waals surface area (Å²) in [5.74, 6) is 0.126. The van der Waals surface area contributed by atoms with Crippen LogP contribution in [0.2, 0.25) is 0 Å². The van der Waals surface area contributed by atoms with Gasteiger partial charge in [-0.2, -0.15) is 0 Å². The molecule has 4 nitrogen and oxygen atoms in total. The summed E-state index contributed by atoms with van der Waals surface area (Å²) in [6.45, 7) is 3.04. The standard InChI is InChI=1S/C16H23N3O/c1-10-6-11(16(17)18)2-3-12(10)9-19-13-4-5-14(19)8-15(20)7-13/h2-3,6,13-15,20H,4-5,7-9H2,1H3,(H3,17,18). The second-order valence-corrected chi connectivity index (χ2v) is 6.24. The molecule has 2 aliphatic heterocycles. The van der Waals surface area contributed by atoms with E-state index in [1.807, 2.05) is 12.1 Å². The Bertz CT molecular complexity index is 514. The number of fused-ring (bicyclic) bond motifs is 2. The molecule has 2 bridgehead atoms. The largest absolute Gasteiger partial charge is 0.393 e. The number of rotatable bonds is 3. The first-order chi connectivity index (χ1) is 9.54. The molecule has 2 heterocycles. The van der Waals surface area contributed by atoms with Crippen LogP contribution < -0.4 is 5.73 Å². The molecule has 0 spiro atoms. The summed E-state index contributed by atoms with van der Waals surface area (Å²) >= 11 is 0. The Morgan fingerprint density at radius 2 is 2.00 bits per heavy atom. The fourth-order valence-corrected chi connectivity index (χ4v) is 3.74. The van der Waals surface area contributed by atoms with Gasteiger partial charge in [-0.25, -0.2) is 0 Å². The molecular weight excluding hydrogens is 250 g/mol. The summed E-state index contributed by atoms with van der Waals surface area (Å²) in [6, 6.07) is 7.10. The summed E-state index contributed by atoms with van der Waals surface area (Å²) in [4.78, 5) is 2.56. The molecule has 20 heavy (non-hydrogen) atoms. The molecule has 2 fully saturated rings. The van der Waals surface area contributed by atoms with Crippen molar-refractivity contribution in [3.05, 3.63) is 34.9 Å². The third kappa shape index (κ3) is 2.45. The average molecular weight is 273 g/mol. The van der Waals surface area contributed by atoms with Crippen LogP contribution in [0, 0.1) is 12.3 Å². The number of hydrogen-bond acceptors (Lipinski definition) is 3. The topological polar surface area (TPSA) is 73.3 Å². The molecular formula is C16H23N3O. The van der Waals surface area contributed by atoms with E-state index in [1.54, 1.807) is 0 Å². The number of benzene rings is 1. The van der Waals surface area contributed by atoms with Crippen LogP contribution in [0.15, 0.2) is 18.2 Å². The van der Waals surface area contributed by atoms with Crippen molar-refractivity contribution in [1.29, 1.82) is 5.41 Å². The van der Waals surface area contributed by atoms with Gasteiger partial charge in [0.25, 0.3) is 0 Å². The lowest BCUT2D eigenvalue weighted by molar-refractivity contribution is 0.0309. The van der Waals surface area contributed by atoms with Crippen LogP contribution in [-0.2, 0) is 6.54 Å². The van der Waals surface area contributed by atoms with E-state index in [0.717, 1.165) is 24.9 Å². The highest BCUT2D eigenvalue weighted by Crippen LogP contribution is 2.37. The van der Waals surface area contributed by atoms with Crippen molar-refractivity contribution in [3.8, 4) is 0 Å². The first-order valence-corrected chi connectivity index (χ1v) is 7.42. The first-order valence-electron chi connectivity index (χ1n) is 7.42. The van der Waals surface area contributed by atoms with Crippen molar-refractivity contribution in [3.63, 3.8) is 0 Å². The van der Waals surface area contributed by atoms with E-state index in [-0.39, 0.29) is 11.9 Å². The van der Waals surface area contributed by atoms with E-state index < -0.39 is 0 Å². The molecule has 108 valence electrons. The second-order valence-electron chi connectivity index (χ2n) is 6.24. The lowest BCUT2D eigenvalue weighted by Crippen LogP contribution is -2.44. The SMILES string of the molecule is Cc1cc(C(=N)N)ccc1CN1C2CCC1CC(O)C2. The maximum absolute atomic E-state index is 9.86. The number of aliphatic hydroxyl groups excluding tert-OH is 1. The fourth-order valence-electron chi connectivity index (χ4n) is 3.74. The van der Waals surface area contributed by atoms with Crippen molar-refractivity contribution in [2.75, 3.05) is 0 Å². The Kier molecular flexibility index (Phi) is 3.52. The number of amidine groups is 1. The Morgan fingerprint density at radius 3 is 2.55 bits per heavy atom. The van der Waals surface area contributed by atoms with Crippen molar-refractivity contribution in [2.45, 2.75) is 57.3 Å². The van der Waals surface area contributed by atoms with Gasteiger partial charge in [-0.15, -0.1) is 0 Å². The molecule has 3 rings (SSSR count). The minimum Gasteiger partial charge on any atom is -0.393 e. The molecule has 0 radical (unpaired) electrons. The molecule has 2 unspecified atom stereocenters. The van der Waals surface area contributed by atoms with E-state index in [1.165, 1.54) is 24.0 Å². The van der Waals surface area contributed by atoms with Gasteiger partial charge in [-0.3, -0.25) is 10.3 Å². The molecule has 0 aliphatic carbocycles. The minimum atomic E-state index is -0.107. The molecule has 0 saturated carbocycles.